The van der Waals surface area contributed by atoms with Gasteiger partial charge in [0.05, 0.1) is 12.3 Å². The molecule has 0 unspecified atom stereocenters. The molecule has 0 saturated carbocycles. The molecule has 1 N–H and O–H groups in total. The molecule has 1 fully saturated rings. The van der Waals surface area contributed by atoms with Crippen molar-refractivity contribution in [2.24, 2.45) is 0 Å². The van der Waals surface area contributed by atoms with Crippen molar-refractivity contribution in [1.29, 1.82) is 0 Å². The maximum atomic E-state index is 12.7. The first-order valence-electron chi connectivity index (χ1n) is 9.83. The lowest BCUT2D eigenvalue weighted by atomic mass is 10.0. The molecule has 2 aromatic rings. The lowest BCUT2D eigenvalue weighted by Gasteiger charge is -2.36. The van der Waals surface area contributed by atoms with Gasteiger partial charge in [0.1, 0.15) is 5.56 Å². The fourth-order valence-corrected chi connectivity index (χ4v) is 3.46. The predicted molar refractivity (Wildman–Crippen MR) is 110 cm³/mol. The van der Waals surface area contributed by atoms with Gasteiger partial charge in [-0.2, -0.15) is 0 Å². The molecule has 7 nitrogen and oxygen atoms in total. The number of piperazine rings is 1. The molecular formula is C21H30N4O3. The number of carbonyl (C=O) groups is 1. The van der Waals surface area contributed by atoms with E-state index in [1.165, 1.54) is 5.69 Å². The summed E-state index contributed by atoms with van der Waals surface area (Å²) in [6, 6.07) is 8.01. The second-order valence-corrected chi connectivity index (χ2v) is 7.48. The van der Waals surface area contributed by atoms with Gasteiger partial charge in [0.2, 0.25) is 0 Å². The van der Waals surface area contributed by atoms with E-state index in [4.69, 9.17) is 9.26 Å². The van der Waals surface area contributed by atoms with Gasteiger partial charge in [-0.3, -0.25) is 9.69 Å². The maximum Gasteiger partial charge on any atom is 0.261 e. The van der Waals surface area contributed by atoms with Crippen molar-refractivity contribution < 1.29 is 14.1 Å². The van der Waals surface area contributed by atoms with Gasteiger partial charge >= 0.3 is 0 Å². The van der Waals surface area contributed by atoms with Crippen molar-refractivity contribution in [3.63, 3.8) is 0 Å². The highest BCUT2D eigenvalue weighted by atomic mass is 16.5. The summed E-state index contributed by atoms with van der Waals surface area (Å²) < 4.78 is 10.5. The second-order valence-electron chi connectivity index (χ2n) is 7.48. The molecular weight excluding hydrogens is 356 g/mol. The van der Waals surface area contributed by atoms with E-state index in [1.807, 2.05) is 26.0 Å². The summed E-state index contributed by atoms with van der Waals surface area (Å²) in [5.41, 5.74) is 3.09. The molecule has 0 radical (unpaired) electrons. The van der Waals surface area contributed by atoms with Gasteiger partial charge in [-0.1, -0.05) is 19.0 Å². The van der Waals surface area contributed by atoms with E-state index in [0.717, 1.165) is 45.0 Å². The third-order valence-electron chi connectivity index (χ3n) is 5.11. The van der Waals surface area contributed by atoms with E-state index < -0.39 is 0 Å². The number of carbonyl (C=O) groups excluding carboxylic acids is 1. The number of nitrogens with zero attached hydrogens (tertiary/aromatic N) is 3. The molecule has 1 aromatic carbocycles. The van der Waals surface area contributed by atoms with E-state index in [1.54, 1.807) is 14.0 Å². The number of rotatable bonds is 7. The monoisotopic (exact) mass is 386 g/mol. The third-order valence-corrected chi connectivity index (χ3v) is 5.11. The molecule has 1 saturated heterocycles. The SMILES string of the molecule is COCCN1CCN(c2ccc(NC(=O)c3c(C)noc3C(C)C)cc2)CC1. The number of anilines is 2. The summed E-state index contributed by atoms with van der Waals surface area (Å²) in [5.74, 6) is 0.548. The summed E-state index contributed by atoms with van der Waals surface area (Å²) in [6.45, 7) is 11.6. The van der Waals surface area contributed by atoms with E-state index in [9.17, 15) is 4.79 Å². The predicted octanol–water partition coefficient (Wildman–Crippen LogP) is 3.13. The van der Waals surface area contributed by atoms with Gasteiger partial charge in [0, 0.05) is 57.1 Å². The fourth-order valence-electron chi connectivity index (χ4n) is 3.46. The topological polar surface area (TPSA) is 70.8 Å². The minimum absolute atomic E-state index is 0.104. The lowest BCUT2D eigenvalue weighted by Crippen LogP contribution is -2.47. The van der Waals surface area contributed by atoms with Crippen LogP contribution >= 0.6 is 0 Å². The molecule has 0 spiro atoms. The Morgan fingerprint density at radius 1 is 1.21 bits per heavy atom. The van der Waals surface area contributed by atoms with Crippen LogP contribution in [0.15, 0.2) is 28.8 Å². The van der Waals surface area contributed by atoms with Crippen molar-refractivity contribution in [1.82, 2.24) is 10.1 Å². The molecule has 7 heteroatoms. The number of hydrogen-bond acceptors (Lipinski definition) is 6. The van der Waals surface area contributed by atoms with Crippen molar-refractivity contribution in [2.75, 3.05) is 56.7 Å². The van der Waals surface area contributed by atoms with Crippen LogP contribution in [0, 0.1) is 6.92 Å². The number of amides is 1. The molecule has 1 aromatic heterocycles. The number of benzene rings is 1. The first-order chi connectivity index (χ1) is 13.5. The largest absolute Gasteiger partial charge is 0.383 e. The first kappa shape index (κ1) is 20.4. The Kier molecular flexibility index (Phi) is 6.70. The van der Waals surface area contributed by atoms with Crippen LogP contribution in [-0.2, 0) is 4.74 Å². The molecule has 2 heterocycles. The Hall–Kier alpha value is -2.38. The summed E-state index contributed by atoms with van der Waals surface area (Å²) in [7, 11) is 1.74. The number of nitrogens with one attached hydrogen (secondary N) is 1. The van der Waals surface area contributed by atoms with Crippen LogP contribution in [0.5, 0.6) is 0 Å². The number of aromatic nitrogens is 1. The Labute approximate surface area is 166 Å². The van der Waals surface area contributed by atoms with Crippen LogP contribution < -0.4 is 10.2 Å². The summed E-state index contributed by atoms with van der Waals surface area (Å²) in [5, 5.41) is 6.91. The highest BCUT2D eigenvalue weighted by Gasteiger charge is 2.23. The Bertz CT molecular complexity index is 777. The third kappa shape index (κ3) is 4.72. The minimum atomic E-state index is -0.179. The fraction of sp³-hybridized carbons (Fsp3) is 0.524. The van der Waals surface area contributed by atoms with Gasteiger partial charge in [0.25, 0.3) is 5.91 Å². The standard InChI is InChI=1S/C21H30N4O3/c1-15(2)20-19(16(3)23-28-20)21(26)22-17-5-7-18(8-6-17)25-11-9-24(10-12-25)13-14-27-4/h5-8,15H,9-14H2,1-4H3,(H,22,26). The molecule has 1 amide bonds. The second kappa shape index (κ2) is 9.21. The molecule has 1 aliphatic rings. The number of aryl methyl sites for hydroxylation is 1. The van der Waals surface area contributed by atoms with Crippen molar-refractivity contribution in [2.45, 2.75) is 26.7 Å². The zero-order valence-electron chi connectivity index (χ0n) is 17.2. The zero-order chi connectivity index (χ0) is 20.1. The molecule has 0 atom stereocenters. The number of hydrogen-bond donors (Lipinski definition) is 1. The Morgan fingerprint density at radius 3 is 2.50 bits per heavy atom. The smallest absolute Gasteiger partial charge is 0.261 e. The Balaban J connectivity index is 1.60. The van der Waals surface area contributed by atoms with E-state index in [0.29, 0.717) is 17.0 Å². The normalized spacial score (nSPS) is 15.2. The molecule has 1 aliphatic heterocycles. The minimum Gasteiger partial charge on any atom is -0.383 e. The molecule has 0 aliphatic carbocycles. The van der Waals surface area contributed by atoms with Crippen LogP contribution in [0.25, 0.3) is 0 Å². The lowest BCUT2D eigenvalue weighted by molar-refractivity contribution is 0.102. The number of methoxy groups -OCH3 is 1. The van der Waals surface area contributed by atoms with E-state index >= 15 is 0 Å². The zero-order valence-corrected chi connectivity index (χ0v) is 17.2. The van der Waals surface area contributed by atoms with Gasteiger partial charge < -0.3 is 19.5 Å². The van der Waals surface area contributed by atoms with Gasteiger partial charge in [-0.05, 0) is 31.2 Å². The van der Waals surface area contributed by atoms with Crippen molar-refractivity contribution >= 4 is 17.3 Å². The average molecular weight is 386 g/mol. The molecule has 3 rings (SSSR count). The van der Waals surface area contributed by atoms with Crippen LogP contribution in [0.4, 0.5) is 11.4 Å². The maximum absolute atomic E-state index is 12.7. The van der Waals surface area contributed by atoms with E-state index in [-0.39, 0.29) is 11.8 Å². The number of ether oxygens (including phenoxy) is 1. The van der Waals surface area contributed by atoms with Gasteiger partial charge in [-0.25, -0.2) is 0 Å². The molecule has 28 heavy (non-hydrogen) atoms. The molecule has 0 bridgehead atoms. The van der Waals surface area contributed by atoms with Gasteiger partial charge in [-0.15, -0.1) is 0 Å². The summed E-state index contributed by atoms with van der Waals surface area (Å²) >= 11 is 0. The van der Waals surface area contributed by atoms with Crippen LogP contribution in [0.1, 0.15) is 41.6 Å². The van der Waals surface area contributed by atoms with Crippen molar-refractivity contribution in [3.05, 3.63) is 41.3 Å². The van der Waals surface area contributed by atoms with Crippen LogP contribution in [-0.4, -0.2) is 62.4 Å². The van der Waals surface area contributed by atoms with Crippen molar-refractivity contribution in [3.8, 4) is 0 Å². The summed E-state index contributed by atoms with van der Waals surface area (Å²) in [6.07, 6.45) is 0. The Morgan fingerprint density at radius 2 is 1.89 bits per heavy atom. The van der Waals surface area contributed by atoms with E-state index in [2.05, 4.69) is 32.4 Å². The quantitative estimate of drug-likeness (QED) is 0.788. The van der Waals surface area contributed by atoms with Crippen LogP contribution in [0.3, 0.4) is 0 Å². The highest BCUT2D eigenvalue weighted by Crippen LogP contribution is 2.24. The first-order valence-corrected chi connectivity index (χ1v) is 9.83. The molecule has 152 valence electrons. The summed E-state index contributed by atoms with van der Waals surface area (Å²) in [4.78, 5) is 17.5. The average Bonchev–Trinajstić information content (AvgIpc) is 3.09. The van der Waals surface area contributed by atoms with Crippen LogP contribution in [0.2, 0.25) is 0 Å². The highest BCUT2D eigenvalue weighted by molar-refractivity contribution is 6.05. The van der Waals surface area contributed by atoms with Gasteiger partial charge in [0.15, 0.2) is 5.76 Å².